The third kappa shape index (κ3) is 4.25. The van der Waals surface area contributed by atoms with E-state index in [2.05, 4.69) is 4.99 Å². The lowest BCUT2D eigenvalue weighted by atomic mass is 9.72. The Balaban J connectivity index is 2.37. The maximum Gasteiger partial charge on any atom is 0.258 e. The topological polar surface area (TPSA) is 86.7 Å². The van der Waals surface area contributed by atoms with Gasteiger partial charge in [0.15, 0.2) is 0 Å². The van der Waals surface area contributed by atoms with Crippen molar-refractivity contribution in [2.75, 3.05) is 26.2 Å². The van der Waals surface area contributed by atoms with Gasteiger partial charge in [0, 0.05) is 73.2 Å². The van der Waals surface area contributed by atoms with Gasteiger partial charge in [0.1, 0.15) is 5.83 Å². The summed E-state index contributed by atoms with van der Waals surface area (Å²) in [6.07, 6.45) is 8.97. The van der Waals surface area contributed by atoms with Crippen LogP contribution in [0.5, 0.6) is 0 Å². The highest BCUT2D eigenvalue weighted by molar-refractivity contribution is 7.84. The number of methoxy groups -OCH3 is 1. The minimum absolute atomic E-state index is 0.0936. The Labute approximate surface area is 189 Å². The summed E-state index contributed by atoms with van der Waals surface area (Å²) < 4.78 is 33.8. The summed E-state index contributed by atoms with van der Waals surface area (Å²) in [5, 5.41) is 1.24. The fraction of sp³-hybridized carbons (Fsp3) is 0.333. The number of allylic oxidation sites excluding steroid dienone is 2. The standard InChI is InChI=1S/C24H28FN3O3S/c1-24(10-16(14-32(5)30)21(25)9-22(24)31-4)20-13-28(3)23(29)18-7-6-15(8-19(18)20)17(11-26)12-27-2/h6-13,22H,14,26H2,1-5H3. The van der Waals surface area contributed by atoms with E-state index in [4.69, 9.17) is 10.5 Å². The van der Waals surface area contributed by atoms with E-state index in [1.165, 1.54) is 30.2 Å². The minimum Gasteiger partial charge on any atom is -0.404 e. The van der Waals surface area contributed by atoms with Crippen molar-refractivity contribution in [2.45, 2.75) is 18.4 Å². The molecule has 1 aromatic heterocycles. The number of rotatable bonds is 6. The van der Waals surface area contributed by atoms with Gasteiger partial charge in [-0.15, -0.1) is 0 Å². The summed E-state index contributed by atoms with van der Waals surface area (Å²) in [7, 11) is 3.64. The van der Waals surface area contributed by atoms with E-state index >= 15 is 0 Å². The lowest BCUT2D eigenvalue weighted by molar-refractivity contribution is 0.0913. The van der Waals surface area contributed by atoms with Gasteiger partial charge in [0.2, 0.25) is 0 Å². The largest absolute Gasteiger partial charge is 0.404 e. The number of fused-ring (bicyclic) bond motifs is 1. The van der Waals surface area contributed by atoms with Crippen LogP contribution < -0.4 is 11.3 Å². The molecule has 1 aromatic carbocycles. The second-order valence-electron chi connectivity index (χ2n) is 8.07. The SMILES string of the molecule is CN=CC(=CN)c1ccc2c(=O)n(C)cc(C3(C)C=C(CS(C)=O)C(F)=CC3OC)c2c1. The molecule has 170 valence electrons. The zero-order valence-corrected chi connectivity index (χ0v) is 19.7. The molecule has 0 radical (unpaired) electrons. The molecule has 0 bridgehead atoms. The molecule has 0 saturated carbocycles. The zero-order chi connectivity index (χ0) is 23.6. The number of ether oxygens (including phenoxy) is 1. The molecule has 0 aliphatic heterocycles. The molecule has 0 saturated heterocycles. The first-order chi connectivity index (χ1) is 15.2. The Kier molecular flexibility index (Phi) is 6.95. The molecule has 2 aromatic rings. The van der Waals surface area contributed by atoms with E-state index in [0.29, 0.717) is 21.9 Å². The van der Waals surface area contributed by atoms with Crippen LogP contribution in [0.1, 0.15) is 18.1 Å². The van der Waals surface area contributed by atoms with Crippen molar-refractivity contribution in [2.24, 2.45) is 17.8 Å². The van der Waals surface area contributed by atoms with Gasteiger partial charge in [-0.1, -0.05) is 12.1 Å². The summed E-state index contributed by atoms with van der Waals surface area (Å²) in [6, 6.07) is 5.48. The highest BCUT2D eigenvalue weighted by Crippen LogP contribution is 2.41. The van der Waals surface area contributed by atoms with Crippen LogP contribution in [0.15, 0.2) is 63.9 Å². The number of hydrogen-bond donors (Lipinski definition) is 1. The summed E-state index contributed by atoms with van der Waals surface area (Å²) in [4.78, 5) is 16.9. The predicted molar refractivity (Wildman–Crippen MR) is 130 cm³/mol. The number of pyridine rings is 1. The number of aromatic nitrogens is 1. The first-order valence-electron chi connectivity index (χ1n) is 10.1. The molecule has 1 aliphatic rings. The Bertz CT molecular complexity index is 1260. The lowest BCUT2D eigenvalue weighted by Crippen LogP contribution is -2.39. The van der Waals surface area contributed by atoms with Crippen LogP contribution in [-0.4, -0.2) is 47.3 Å². The number of aliphatic imine (C=N–C) groups is 1. The quantitative estimate of drug-likeness (QED) is 0.676. The van der Waals surface area contributed by atoms with Gasteiger partial charge >= 0.3 is 0 Å². The molecule has 2 N–H and O–H groups in total. The molecule has 0 fully saturated rings. The average molecular weight is 458 g/mol. The molecule has 3 unspecified atom stereocenters. The Hall–Kier alpha value is -2.84. The van der Waals surface area contributed by atoms with Gasteiger partial charge in [-0.3, -0.25) is 14.0 Å². The van der Waals surface area contributed by atoms with Gasteiger partial charge in [0.05, 0.1) is 11.9 Å². The molecule has 6 nitrogen and oxygen atoms in total. The number of benzene rings is 1. The fourth-order valence-electron chi connectivity index (χ4n) is 4.23. The number of nitrogens with zero attached hydrogens (tertiary/aromatic N) is 2. The van der Waals surface area contributed by atoms with Gasteiger partial charge in [-0.05, 0) is 47.2 Å². The third-order valence-corrected chi connectivity index (χ3v) is 6.54. The average Bonchev–Trinajstić information content (AvgIpc) is 2.76. The van der Waals surface area contributed by atoms with Crippen molar-refractivity contribution in [1.29, 1.82) is 0 Å². The molecule has 0 amide bonds. The van der Waals surface area contributed by atoms with E-state index < -0.39 is 28.1 Å². The van der Waals surface area contributed by atoms with Gasteiger partial charge < -0.3 is 15.0 Å². The van der Waals surface area contributed by atoms with Crippen LogP contribution in [0.4, 0.5) is 4.39 Å². The number of hydrogen-bond acceptors (Lipinski definition) is 5. The first kappa shape index (κ1) is 23.8. The Morgan fingerprint density at radius 2 is 2.12 bits per heavy atom. The Morgan fingerprint density at radius 3 is 2.72 bits per heavy atom. The summed E-state index contributed by atoms with van der Waals surface area (Å²) in [5.41, 5.74) is 7.49. The molecular formula is C24H28FN3O3S. The van der Waals surface area contributed by atoms with E-state index in [1.807, 2.05) is 19.1 Å². The molecule has 32 heavy (non-hydrogen) atoms. The van der Waals surface area contributed by atoms with Gasteiger partial charge in [0.25, 0.3) is 5.56 Å². The van der Waals surface area contributed by atoms with Crippen LogP contribution in [0, 0.1) is 0 Å². The minimum atomic E-state index is -1.22. The van der Waals surface area contributed by atoms with Crippen LogP contribution in [-0.2, 0) is 28.0 Å². The van der Waals surface area contributed by atoms with Crippen LogP contribution in [0.3, 0.4) is 0 Å². The highest BCUT2D eigenvalue weighted by atomic mass is 32.2. The van der Waals surface area contributed by atoms with Crippen molar-refractivity contribution < 1.29 is 13.3 Å². The van der Waals surface area contributed by atoms with Gasteiger partial charge in [-0.2, -0.15) is 0 Å². The number of aryl methyl sites for hydroxylation is 1. The van der Waals surface area contributed by atoms with Crippen molar-refractivity contribution >= 4 is 33.4 Å². The molecular weight excluding hydrogens is 429 g/mol. The second kappa shape index (κ2) is 9.34. The molecule has 0 spiro atoms. The van der Waals surface area contributed by atoms with Crippen LogP contribution in [0.25, 0.3) is 16.3 Å². The number of nitrogens with two attached hydrogens (primary N) is 1. The van der Waals surface area contributed by atoms with E-state index in [9.17, 15) is 13.4 Å². The van der Waals surface area contributed by atoms with E-state index in [-0.39, 0.29) is 11.3 Å². The van der Waals surface area contributed by atoms with Crippen molar-refractivity contribution in [3.63, 3.8) is 0 Å². The number of halogens is 1. The van der Waals surface area contributed by atoms with Gasteiger partial charge in [-0.25, -0.2) is 4.39 Å². The maximum absolute atomic E-state index is 14.7. The molecule has 8 heteroatoms. The molecule has 3 rings (SSSR count). The Morgan fingerprint density at radius 1 is 1.41 bits per heavy atom. The lowest BCUT2D eigenvalue weighted by Gasteiger charge is -2.37. The summed E-state index contributed by atoms with van der Waals surface area (Å²) in [5.74, 6) is -0.345. The van der Waals surface area contributed by atoms with Crippen LogP contribution >= 0.6 is 0 Å². The third-order valence-electron chi connectivity index (χ3n) is 5.83. The summed E-state index contributed by atoms with van der Waals surface area (Å²) >= 11 is 0. The monoisotopic (exact) mass is 457 g/mol. The van der Waals surface area contributed by atoms with Crippen molar-refractivity contribution in [3.05, 3.63) is 75.6 Å². The van der Waals surface area contributed by atoms with Crippen molar-refractivity contribution in [1.82, 2.24) is 4.57 Å². The zero-order valence-electron chi connectivity index (χ0n) is 18.9. The van der Waals surface area contributed by atoms with Crippen LogP contribution in [0.2, 0.25) is 0 Å². The molecule has 3 atom stereocenters. The normalized spacial score (nSPS) is 22.8. The first-order valence-corrected chi connectivity index (χ1v) is 11.8. The second-order valence-corrected chi connectivity index (χ2v) is 9.50. The van der Waals surface area contributed by atoms with E-state index in [0.717, 1.165) is 11.1 Å². The van der Waals surface area contributed by atoms with E-state index in [1.54, 1.807) is 38.6 Å². The predicted octanol–water partition coefficient (Wildman–Crippen LogP) is 2.98. The summed E-state index contributed by atoms with van der Waals surface area (Å²) in [6.45, 7) is 1.93. The fourth-order valence-corrected chi connectivity index (χ4v) is 4.89. The highest BCUT2D eigenvalue weighted by Gasteiger charge is 2.39. The van der Waals surface area contributed by atoms with Crippen molar-refractivity contribution in [3.8, 4) is 0 Å². The molecule has 1 aliphatic carbocycles. The molecule has 1 heterocycles. The smallest absolute Gasteiger partial charge is 0.258 e. The maximum atomic E-state index is 14.7.